The molecule has 0 atom stereocenters. The minimum absolute atomic E-state index is 0.148. The van der Waals surface area contributed by atoms with E-state index < -0.39 is 29.4 Å². The summed E-state index contributed by atoms with van der Waals surface area (Å²) in [6.45, 7) is 4.10. The number of phenolic OH excluding ortho intramolecular Hbond substituents is 1. The van der Waals surface area contributed by atoms with Crippen molar-refractivity contribution < 1.29 is 32.2 Å². The van der Waals surface area contributed by atoms with Crippen LogP contribution in [0.15, 0.2) is 67.0 Å². The van der Waals surface area contributed by atoms with E-state index in [0.29, 0.717) is 29.2 Å². The number of phenols is 1. The van der Waals surface area contributed by atoms with Crippen LogP contribution in [0.2, 0.25) is 5.15 Å². The van der Waals surface area contributed by atoms with Gasteiger partial charge in [0.25, 0.3) is 0 Å². The van der Waals surface area contributed by atoms with Gasteiger partial charge in [-0.25, -0.2) is 14.2 Å². The number of hydrogen-bond donors (Lipinski definition) is 3. The van der Waals surface area contributed by atoms with E-state index in [2.05, 4.69) is 25.3 Å². The van der Waals surface area contributed by atoms with Gasteiger partial charge >= 0.3 is 12.4 Å². The minimum Gasteiger partial charge on any atom is -0.506 e. The van der Waals surface area contributed by atoms with Gasteiger partial charge in [0.2, 0.25) is 0 Å². The van der Waals surface area contributed by atoms with Crippen molar-refractivity contribution in [2.24, 2.45) is 0 Å². The number of rotatable bonds is 5. The van der Waals surface area contributed by atoms with E-state index in [4.69, 9.17) is 11.6 Å². The molecule has 212 valence electrons. The first-order valence-electron chi connectivity index (χ1n) is 12.2. The molecule has 0 fully saturated rings. The number of benzene rings is 3. The molecule has 1 aromatic heterocycles. The number of alkyl halides is 3. The predicted octanol–water partition coefficient (Wildman–Crippen LogP) is 7.61. The summed E-state index contributed by atoms with van der Waals surface area (Å²) >= 11 is 5.88. The number of anilines is 4. The van der Waals surface area contributed by atoms with Crippen LogP contribution in [0.3, 0.4) is 0 Å². The van der Waals surface area contributed by atoms with Crippen LogP contribution in [0.5, 0.6) is 11.5 Å². The number of nitrogens with one attached hydrogen (secondary N) is 2. The summed E-state index contributed by atoms with van der Waals surface area (Å²) in [7, 11) is 0. The summed E-state index contributed by atoms with van der Waals surface area (Å²) in [6, 6.07) is 11.8. The van der Waals surface area contributed by atoms with Crippen molar-refractivity contribution in [3.05, 3.63) is 83.5 Å². The van der Waals surface area contributed by atoms with Gasteiger partial charge in [-0.1, -0.05) is 37.6 Å². The number of nitrogens with zero attached hydrogens (tertiary/aromatic N) is 3. The second-order valence-electron chi connectivity index (χ2n) is 9.84. The lowest BCUT2D eigenvalue weighted by atomic mass is 9.82. The van der Waals surface area contributed by atoms with Gasteiger partial charge in [-0.05, 0) is 42.0 Å². The average Bonchev–Trinajstić information content (AvgIpc) is 3.17. The number of carbonyl (C=O) groups excluding carboxylic acids is 1. The molecule has 5 rings (SSSR count). The van der Waals surface area contributed by atoms with Gasteiger partial charge in [0.15, 0.2) is 0 Å². The molecule has 1 aliphatic rings. The molecule has 2 heterocycles. The second-order valence-corrected chi connectivity index (χ2v) is 10.2. The topological polar surface area (TPSA) is 99.6 Å². The molecule has 0 unspecified atom stereocenters. The van der Waals surface area contributed by atoms with E-state index >= 15 is 4.39 Å². The molecule has 3 N–H and O–H groups in total. The molecule has 8 nitrogen and oxygen atoms in total. The number of halogens is 5. The Morgan fingerprint density at radius 3 is 2.44 bits per heavy atom. The molecule has 13 heteroatoms. The Kier molecular flexibility index (Phi) is 7.12. The van der Waals surface area contributed by atoms with Crippen LogP contribution in [0.4, 0.5) is 45.1 Å². The van der Waals surface area contributed by atoms with Crippen molar-refractivity contribution in [2.75, 3.05) is 22.1 Å². The highest BCUT2D eigenvalue weighted by atomic mass is 35.5. The smallest absolute Gasteiger partial charge is 0.506 e. The zero-order valence-corrected chi connectivity index (χ0v) is 22.3. The van der Waals surface area contributed by atoms with E-state index in [1.807, 2.05) is 13.8 Å². The lowest BCUT2D eigenvalue weighted by Gasteiger charge is -2.25. The summed E-state index contributed by atoms with van der Waals surface area (Å²) in [6.07, 6.45) is -2.16. The maximum atomic E-state index is 15.3. The minimum atomic E-state index is -4.83. The number of amides is 2. The molecule has 3 aromatic carbocycles. The first kappa shape index (κ1) is 28.0. The molecular formula is C28H22ClF4N5O3. The summed E-state index contributed by atoms with van der Waals surface area (Å²) < 4.78 is 56.4. The summed E-state index contributed by atoms with van der Waals surface area (Å²) in [5, 5.41) is 16.4. The fraction of sp³-hybridized carbons (Fsp3) is 0.179. The third-order valence-corrected chi connectivity index (χ3v) is 6.59. The number of ether oxygens (including phenoxy) is 1. The van der Waals surface area contributed by atoms with Gasteiger partial charge in [0.1, 0.15) is 22.5 Å². The number of fused-ring (bicyclic) bond motifs is 1. The molecule has 41 heavy (non-hydrogen) atoms. The Bertz CT molecular complexity index is 1610. The first-order valence-corrected chi connectivity index (χ1v) is 12.5. The maximum absolute atomic E-state index is 15.3. The highest BCUT2D eigenvalue weighted by molar-refractivity contribution is 6.29. The van der Waals surface area contributed by atoms with Crippen LogP contribution in [-0.2, 0) is 5.41 Å². The number of urea groups is 1. The average molecular weight is 588 g/mol. The fourth-order valence-corrected chi connectivity index (χ4v) is 4.95. The second kappa shape index (κ2) is 10.4. The SMILES string of the molecule is CC1(C)CN(c2ccccc2NC(=O)Nc2ccc(OC(F)(F)F)cc2)c2c(O)cc(F)c(-c3cnc(Cl)cn3)c21. The lowest BCUT2D eigenvalue weighted by molar-refractivity contribution is -0.274. The van der Waals surface area contributed by atoms with Gasteiger partial charge in [-0.2, -0.15) is 0 Å². The molecule has 0 spiro atoms. The van der Waals surface area contributed by atoms with E-state index in [1.54, 1.807) is 29.2 Å². The summed E-state index contributed by atoms with van der Waals surface area (Å²) in [5.41, 5.74) is 1.70. The molecule has 0 saturated carbocycles. The number of aromatic hydroxyl groups is 1. The van der Waals surface area contributed by atoms with Crippen molar-refractivity contribution in [3.63, 3.8) is 0 Å². The van der Waals surface area contributed by atoms with Crippen molar-refractivity contribution in [1.29, 1.82) is 0 Å². The summed E-state index contributed by atoms with van der Waals surface area (Å²) in [5.74, 6) is -1.40. The standard InChI is InChI=1S/C28H22ClF4N5O3/c1-27(2)14-38(25-21(39)11-17(30)23(24(25)27)19-12-35-22(29)13-34-19)20-6-4-3-5-18(20)37-26(40)36-15-7-9-16(10-8-15)41-28(31,32)33/h3-13,39H,14H2,1-2H3,(H2,36,37,40). The normalized spacial score (nSPS) is 14.0. The van der Waals surface area contributed by atoms with Crippen molar-refractivity contribution >= 4 is 40.4 Å². The largest absolute Gasteiger partial charge is 0.573 e. The summed E-state index contributed by atoms with van der Waals surface area (Å²) in [4.78, 5) is 22.9. The van der Waals surface area contributed by atoms with Crippen LogP contribution >= 0.6 is 11.6 Å². The Morgan fingerprint density at radius 1 is 1.07 bits per heavy atom. The van der Waals surface area contributed by atoms with Gasteiger partial charge in [0, 0.05) is 29.3 Å². The van der Waals surface area contributed by atoms with Crippen LogP contribution in [0.25, 0.3) is 11.3 Å². The highest BCUT2D eigenvalue weighted by Gasteiger charge is 2.42. The van der Waals surface area contributed by atoms with Crippen LogP contribution in [0, 0.1) is 5.82 Å². The molecule has 1 aliphatic heterocycles. The van der Waals surface area contributed by atoms with Crippen molar-refractivity contribution in [3.8, 4) is 22.8 Å². The fourth-order valence-electron chi connectivity index (χ4n) is 4.85. The molecule has 0 radical (unpaired) electrons. The van der Waals surface area contributed by atoms with E-state index in [1.165, 1.54) is 24.5 Å². The van der Waals surface area contributed by atoms with Gasteiger partial charge < -0.3 is 25.4 Å². The van der Waals surface area contributed by atoms with Gasteiger partial charge in [-0.3, -0.25) is 4.98 Å². The number of para-hydroxylation sites is 2. The van der Waals surface area contributed by atoms with E-state index in [9.17, 15) is 23.1 Å². The van der Waals surface area contributed by atoms with Crippen molar-refractivity contribution in [2.45, 2.75) is 25.6 Å². The lowest BCUT2D eigenvalue weighted by Crippen LogP contribution is -2.27. The molecule has 0 aliphatic carbocycles. The third-order valence-electron chi connectivity index (χ3n) is 6.40. The first-order chi connectivity index (χ1) is 19.3. The monoisotopic (exact) mass is 587 g/mol. The molecule has 4 aromatic rings. The number of aromatic nitrogens is 2. The number of hydrogen-bond acceptors (Lipinski definition) is 6. The van der Waals surface area contributed by atoms with Crippen LogP contribution < -0.4 is 20.3 Å². The van der Waals surface area contributed by atoms with Crippen LogP contribution in [0.1, 0.15) is 19.4 Å². The molecule has 0 bridgehead atoms. The Balaban J connectivity index is 1.46. The molecular weight excluding hydrogens is 566 g/mol. The van der Waals surface area contributed by atoms with E-state index in [0.717, 1.165) is 18.2 Å². The van der Waals surface area contributed by atoms with Crippen LogP contribution in [-0.4, -0.2) is 34.0 Å². The third kappa shape index (κ3) is 5.82. The maximum Gasteiger partial charge on any atom is 0.573 e. The van der Waals surface area contributed by atoms with Gasteiger partial charge in [-0.15, -0.1) is 13.2 Å². The number of carbonyl (C=O) groups is 1. The predicted molar refractivity (Wildman–Crippen MR) is 146 cm³/mol. The quantitative estimate of drug-likeness (QED) is 0.208. The zero-order valence-electron chi connectivity index (χ0n) is 21.6. The zero-order chi connectivity index (χ0) is 29.5. The molecule has 0 saturated heterocycles. The Morgan fingerprint density at radius 2 is 1.78 bits per heavy atom. The Labute approximate surface area is 236 Å². The highest BCUT2D eigenvalue weighted by Crippen LogP contribution is 2.54. The van der Waals surface area contributed by atoms with Crippen molar-refractivity contribution in [1.82, 2.24) is 9.97 Å². The van der Waals surface area contributed by atoms with Gasteiger partial charge in [0.05, 0.1) is 35.1 Å². The Hall–Kier alpha value is -4.58. The van der Waals surface area contributed by atoms with E-state index in [-0.39, 0.29) is 27.8 Å². The molecule has 2 amide bonds.